The van der Waals surface area contributed by atoms with Crippen molar-refractivity contribution in [2.75, 3.05) is 6.61 Å². The summed E-state index contributed by atoms with van der Waals surface area (Å²) in [6.07, 6.45) is 10.9. The molecule has 2 nitrogen and oxygen atoms in total. The van der Waals surface area contributed by atoms with E-state index in [0.717, 1.165) is 5.92 Å². The molecule has 1 saturated carbocycles. The van der Waals surface area contributed by atoms with Gasteiger partial charge in [-0.25, -0.2) is 0 Å². The van der Waals surface area contributed by atoms with Crippen LogP contribution in [-0.2, 0) is 0 Å². The fourth-order valence-electron chi connectivity index (χ4n) is 3.11. The van der Waals surface area contributed by atoms with E-state index in [-0.39, 0.29) is 0 Å². The van der Waals surface area contributed by atoms with Crippen molar-refractivity contribution in [1.29, 1.82) is 0 Å². The minimum absolute atomic E-state index is 0.323. The van der Waals surface area contributed by atoms with Crippen molar-refractivity contribution in [3.8, 4) is 0 Å². The van der Waals surface area contributed by atoms with Crippen LogP contribution >= 0.6 is 0 Å². The van der Waals surface area contributed by atoms with E-state index in [0.29, 0.717) is 18.7 Å². The molecular weight excluding hydrogens is 174 g/mol. The zero-order chi connectivity index (χ0) is 9.80. The molecule has 0 spiro atoms. The lowest BCUT2D eigenvalue weighted by Crippen LogP contribution is -2.48. The Morgan fingerprint density at radius 2 is 1.71 bits per heavy atom. The molecule has 2 N–H and O–H groups in total. The lowest BCUT2D eigenvalue weighted by atomic mass is 9.80. The van der Waals surface area contributed by atoms with Crippen LogP contribution in [0.4, 0.5) is 0 Å². The topological polar surface area (TPSA) is 32.3 Å². The van der Waals surface area contributed by atoms with Gasteiger partial charge in [-0.05, 0) is 31.6 Å². The van der Waals surface area contributed by atoms with Gasteiger partial charge in [-0.3, -0.25) is 0 Å². The molecule has 1 aliphatic carbocycles. The third-order valence-electron chi connectivity index (χ3n) is 3.96. The normalized spacial score (nSPS) is 35.8. The number of aliphatic hydroxyl groups excluding tert-OH is 1. The second-order valence-electron chi connectivity index (χ2n) is 4.98. The van der Waals surface area contributed by atoms with Crippen LogP contribution in [0.25, 0.3) is 0 Å². The Hall–Kier alpha value is -0.0800. The summed E-state index contributed by atoms with van der Waals surface area (Å²) in [5, 5.41) is 12.8. The highest BCUT2D eigenvalue weighted by molar-refractivity contribution is 4.86. The van der Waals surface area contributed by atoms with Crippen LogP contribution in [0.1, 0.15) is 51.4 Å². The minimum Gasteiger partial charge on any atom is -0.395 e. The van der Waals surface area contributed by atoms with Crippen LogP contribution in [-0.4, -0.2) is 23.8 Å². The molecule has 2 rings (SSSR count). The maximum atomic E-state index is 9.14. The van der Waals surface area contributed by atoms with Gasteiger partial charge in [-0.1, -0.05) is 25.7 Å². The highest BCUT2D eigenvalue weighted by Gasteiger charge is 2.28. The molecule has 0 unspecified atom stereocenters. The van der Waals surface area contributed by atoms with E-state index >= 15 is 0 Å². The predicted molar refractivity (Wildman–Crippen MR) is 58.2 cm³/mol. The zero-order valence-electron chi connectivity index (χ0n) is 9.04. The Balaban J connectivity index is 1.83. The fourth-order valence-corrected chi connectivity index (χ4v) is 3.11. The van der Waals surface area contributed by atoms with E-state index in [1.165, 1.54) is 51.4 Å². The first-order valence-corrected chi connectivity index (χ1v) is 6.27. The number of rotatable bonds is 2. The van der Waals surface area contributed by atoms with Crippen LogP contribution in [0, 0.1) is 5.92 Å². The molecule has 2 atom stereocenters. The summed E-state index contributed by atoms with van der Waals surface area (Å²) >= 11 is 0. The first-order chi connectivity index (χ1) is 6.90. The average molecular weight is 197 g/mol. The minimum atomic E-state index is 0.323. The Kier molecular flexibility index (Phi) is 3.82. The number of aliphatic hydroxyl groups is 1. The quantitative estimate of drug-likeness (QED) is 0.710. The summed E-state index contributed by atoms with van der Waals surface area (Å²) < 4.78 is 0. The van der Waals surface area contributed by atoms with Crippen LogP contribution in [0.5, 0.6) is 0 Å². The molecule has 0 aromatic carbocycles. The standard InChI is InChI=1S/C12H23NO/c14-9-11-7-4-8-12(13-11)10-5-2-1-3-6-10/h10-14H,1-9H2/t11-,12+/m1/s1. The largest absolute Gasteiger partial charge is 0.395 e. The van der Waals surface area contributed by atoms with Gasteiger partial charge >= 0.3 is 0 Å². The molecule has 82 valence electrons. The van der Waals surface area contributed by atoms with Crippen LogP contribution in [0.15, 0.2) is 0 Å². The highest BCUT2D eigenvalue weighted by Crippen LogP contribution is 2.30. The van der Waals surface area contributed by atoms with Crippen molar-refractivity contribution in [1.82, 2.24) is 5.32 Å². The Morgan fingerprint density at radius 1 is 0.929 bits per heavy atom. The van der Waals surface area contributed by atoms with E-state index in [1.54, 1.807) is 0 Å². The lowest BCUT2D eigenvalue weighted by Gasteiger charge is -2.37. The molecule has 0 radical (unpaired) electrons. The molecule has 2 heteroatoms. The molecule has 0 aromatic heterocycles. The monoisotopic (exact) mass is 197 g/mol. The molecule has 1 heterocycles. The van der Waals surface area contributed by atoms with Crippen molar-refractivity contribution in [2.45, 2.75) is 63.5 Å². The molecule has 1 aliphatic heterocycles. The van der Waals surface area contributed by atoms with Gasteiger partial charge in [0.1, 0.15) is 0 Å². The predicted octanol–water partition coefficient (Wildman–Crippen LogP) is 2.07. The van der Waals surface area contributed by atoms with Gasteiger partial charge in [0, 0.05) is 12.1 Å². The number of nitrogens with one attached hydrogen (secondary N) is 1. The number of piperidine rings is 1. The third-order valence-corrected chi connectivity index (χ3v) is 3.96. The first kappa shape index (κ1) is 10.4. The van der Waals surface area contributed by atoms with Gasteiger partial charge in [0.2, 0.25) is 0 Å². The van der Waals surface area contributed by atoms with Gasteiger partial charge in [0.15, 0.2) is 0 Å². The van der Waals surface area contributed by atoms with Crippen LogP contribution < -0.4 is 5.32 Å². The van der Waals surface area contributed by atoms with Gasteiger partial charge < -0.3 is 10.4 Å². The number of hydrogen-bond acceptors (Lipinski definition) is 2. The molecule has 14 heavy (non-hydrogen) atoms. The van der Waals surface area contributed by atoms with Gasteiger partial charge in [-0.15, -0.1) is 0 Å². The molecule has 0 bridgehead atoms. The molecular formula is C12H23NO. The average Bonchev–Trinajstić information content (AvgIpc) is 2.30. The van der Waals surface area contributed by atoms with Crippen molar-refractivity contribution < 1.29 is 5.11 Å². The van der Waals surface area contributed by atoms with Gasteiger partial charge in [-0.2, -0.15) is 0 Å². The second kappa shape index (κ2) is 5.13. The van der Waals surface area contributed by atoms with E-state index in [2.05, 4.69) is 5.32 Å². The van der Waals surface area contributed by atoms with Crippen molar-refractivity contribution in [2.24, 2.45) is 5.92 Å². The lowest BCUT2D eigenvalue weighted by molar-refractivity contribution is 0.157. The van der Waals surface area contributed by atoms with E-state index in [1.807, 2.05) is 0 Å². The summed E-state index contributed by atoms with van der Waals surface area (Å²) in [6, 6.07) is 1.09. The zero-order valence-corrected chi connectivity index (χ0v) is 9.04. The van der Waals surface area contributed by atoms with Gasteiger partial charge in [0.25, 0.3) is 0 Å². The Labute approximate surface area is 87.1 Å². The Morgan fingerprint density at radius 3 is 2.43 bits per heavy atom. The molecule has 0 aromatic rings. The second-order valence-corrected chi connectivity index (χ2v) is 4.98. The summed E-state index contributed by atoms with van der Waals surface area (Å²) in [7, 11) is 0. The first-order valence-electron chi connectivity index (χ1n) is 6.27. The maximum Gasteiger partial charge on any atom is 0.0584 e. The third kappa shape index (κ3) is 2.48. The van der Waals surface area contributed by atoms with Gasteiger partial charge in [0.05, 0.1) is 6.61 Å². The van der Waals surface area contributed by atoms with E-state index < -0.39 is 0 Å². The van der Waals surface area contributed by atoms with Crippen molar-refractivity contribution in [3.05, 3.63) is 0 Å². The fraction of sp³-hybridized carbons (Fsp3) is 1.00. The van der Waals surface area contributed by atoms with E-state index in [4.69, 9.17) is 5.11 Å². The van der Waals surface area contributed by atoms with Crippen LogP contribution in [0.2, 0.25) is 0 Å². The SMILES string of the molecule is OC[C@H]1CCC[C@@H](C2CCCCC2)N1. The smallest absolute Gasteiger partial charge is 0.0584 e. The van der Waals surface area contributed by atoms with Crippen LogP contribution in [0.3, 0.4) is 0 Å². The van der Waals surface area contributed by atoms with E-state index in [9.17, 15) is 0 Å². The summed E-state index contributed by atoms with van der Waals surface area (Å²) in [4.78, 5) is 0. The van der Waals surface area contributed by atoms with Crippen molar-refractivity contribution in [3.63, 3.8) is 0 Å². The maximum absolute atomic E-state index is 9.14. The number of hydrogen-bond donors (Lipinski definition) is 2. The molecule has 2 aliphatic rings. The summed E-state index contributed by atoms with van der Waals surface area (Å²) in [5.74, 6) is 0.901. The Bertz CT molecular complexity index is 166. The summed E-state index contributed by atoms with van der Waals surface area (Å²) in [5.41, 5.74) is 0. The molecule has 0 amide bonds. The van der Waals surface area contributed by atoms with Crippen molar-refractivity contribution >= 4 is 0 Å². The molecule has 2 fully saturated rings. The highest BCUT2D eigenvalue weighted by atomic mass is 16.3. The molecule has 1 saturated heterocycles. The summed E-state index contributed by atoms with van der Waals surface area (Å²) in [6.45, 7) is 0.323.